The molecule has 0 aromatic carbocycles. The van der Waals surface area contributed by atoms with Gasteiger partial charge in [-0.15, -0.1) is 11.3 Å². The van der Waals surface area contributed by atoms with Crippen LogP contribution >= 0.6 is 22.9 Å². The van der Waals surface area contributed by atoms with Crippen LogP contribution in [0.1, 0.15) is 36.4 Å². The van der Waals surface area contributed by atoms with E-state index in [9.17, 15) is 9.59 Å². The van der Waals surface area contributed by atoms with Gasteiger partial charge in [0.2, 0.25) is 0 Å². The Morgan fingerprint density at radius 2 is 2.24 bits per heavy atom. The monoisotopic (exact) mass is 330 g/mol. The number of esters is 1. The van der Waals surface area contributed by atoms with Gasteiger partial charge in [0, 0.05) is 13.0 Å². The van der Waals surface area contributed by atoms with Crippen LogP contribution in [0.4, 0.5) is 0 Å². The number of rotatable bonds is 6. The third-order valence-corrected chi connectivity index (χ3v) is 4.70. The van der Waals surface area contributed by atoms with Crippen molar-refractivity contribution in [2.75, 3.05) is 19.8 Å². The second kappa shape index (κ2) is 6.90. The van der Waals surface area contributed by atoms with Gasteiger partial charge in [-0.1, -0.05) is 25.4 Å². The third-order valence-electron chi connectivity index (χ3n) is 3.43. The van der Waals surface area contributed by atoms with Crippen molar-refractivity contribution in [3.05, 3.63) is 21.3 Å². The van der Waals surface area contributed by atoms with E-state index >= 15 is 0 Å². The fourth-order valence-corrected chi connectivity index (χ4v) is 3.21. The number of Topliss-reactive ketones (excluding diaryl/α,β-unsaturated/α-hetero) is 1. The van der Waals surface area contributed by atoms with E-state index in [1.807, 2.05) is 13.8 Å². The van der Waals surface area contributed by atoms with Gasteiger partial charge in [0.15, 0.2) is 5.78 Å². The van der Waals surface area contributed by atoms with Gasteiger partial charge in [0.25, 0.3) is 0 Å². The summed E-state index contributed by atoms with van der Waals surface area (Å²) in [5, 5.41) is 0. The third kappa shape index (κ3) is 4.05. The Kier molecular flexibility index (Phi) is 5.41. The minimum Gasteiger partial charge on any atom is -0.465 e. The molecule has 6 heteroatoms. The number of carbonyl (C=O) groups excluding carboxylic acids is 2. The zero-order valence-electron chi connectivity index (χ0n) is 12.2. The Bertz CT molecular complexity index is 517. The molecule has 0 aliphatic carbocycles. The Labute approximate surface area is 133 Å². The first-order chi connectivity index (χ1) is 9.93. The van der Waals surface area contributed by atoms with E-state index in [-0.39, 0.29) is 30.7 Å². The number of ketones is 1. The molecule has 2 rings (SSSR count). The van der Waals surface area contributed by atoms with Crippen LogP contribution in [0.25, 0.3) is 0 Å². The summed E-state index contributed by atoms with van der Waals surface area (Å²) in [6, 6.07) is 3.38. The molecule has 1 fully saturated rings. The molecule has 0 bridgehead atoms. The first-order valence-electron chi connectivity index (χ1n) is 6.96. The lowest BCUT2D eigenvalue weighted by atomic mass is 9.82. The summed E-state index contributed by atoms with van der Waals surface area (Å²) < 4.78 is 11.3. The van der Waals surface area contributed by atoms with Crippen LogP contribution in [0, 0.1) is 11.3 Å². The molecular formula is C15H19ClO4S. The van der Waals surface area contributed by atoms with Crippen molar-refractivity contribution in [3.63, 3.8) is 0 Å². The average Bonchev–Trinajstić information content (AvgIpc) is 3.05. The second-order valence-electron chi connectivity index (χ2n) is 5.78. The summed E-state index contributed by atoms with van der Waals surface area (Å²) in [7, 11) is 0. The summed E-state index contributed by atoms with van der Waals surface area (Å²) in [6.07, 6.45) is 0.634. The zero-order chi connectivity index (χ0) is 15.5. The molecule has 2 heterocycles. The molecule has 0 N–H and O–H groups in total. The van der Waals surface area contributed by atoms with Crippen molar-refractivity contribution < 1.29 is 19.1 Å². The topological polar surface area (TPSA) is 52.6 Å². The van der Waals surface area contributed by atoms with E-state index in [2.05, 4.69) is 0 Å². The van der Waals surface area contributed by atoms with Gasteiger partial charge < -0.3 is 9.47 Å². The van der Waals surface area contributed by atoms with Crippen molar-refractivity contribution >= 4 is 34.7 Å². The molecule has 1 atom stereocenters. The van der Waals surface area contributed by atoms with E-state index < -0.39 is 5.41 Å². The summed E-state index contributed by atoms with van der Waals surface area (Å²) in [6.45, 7) is 5.04. The molecule has 116 valence electrons. The van der Waals surface area contributed by atoms with Crippen LogP contribution in [0.15, 0.2) is 12.1 Å². The summed E-state index contributed by atoms with van der Waals surface area (Å²) in [4.78, 5) is 25.3. The lowest BCUT2D eigenvalue weighted by Crippen LogP contribution is -2.36. The maximum absolute atomic E-state index is 12.4. The smallest absolute Gasteiger partial charge is 0.314 e. The Morgan fingerprint density at radius 1 is 1.48 bits per heavy atom. The Morgan fingerprint density at radius 3 is 2.76 bits per heavy atom. The van der Waals surface area contributed by atoms with Gasteiger partial charge >= 0.3 is 5.97 Å². The molecule has 4 nitrogen and oxygen atoms in total. The minimum absolute atomic E-state index is 0.0844. The highest BCUT2D eigenvalue weighted by atomic mass is 35.5. The number of carbonyl (C=O) groups is 2. The zero-order valence-corrected chi connectivity index (χ0v) is 13.8. The first-order valence-corrected chi connectivity index (χ1v) is 8.16. The Hall–Kier alpha value is -0.910. The molecule has 0 amide bonds. The molecule has 1 saturated heterocycles. The van der Waals surface area contributed by atoms with E-state index in [1.165, 1.54) is 11.3 Å². The maximum Gasteiger partial charge on any atom is 0.314 e. The molecule has 0 saturated carbocycles. The number of ether oxygens (including phenoxy) is 2. The van der Waals surface area contributed by atoms with E-state index in [4.69, 9.17) is 21.1 Å². The minimum atomic E-state index is -0.845. The van der Waals surface area contributed by atoms with Crippen LogP contribution in [-0.4, -0.2) is 31.6 Å². The number of hydrogen-bond acceptors (Lipinski definition) is 5. The molecule has 21 heavy (non-hydrogen) atoms. The molecule has 1 unspecified atom stereocenters. The van der Waals surface area contributed by atoms with E-state index in [1.54, 1.807) is 12.1 Å². The number of thiophene rings is 1. The van der Waals surface area contributed by atoms with Gasteiger partial charge in [-0.2, -0.15) is 0 Å². The molecule has 1 aliphatic rings. The van der Waals surface area contributed by atoms with Gasteiger partial charge in [-0.3, -0.25) is 9.59 Å². The molecular weight excluding hydrogens is 312 g/mol. The predicted molar refractivity (Wildman–Crippen MR) is 81.9 cm³/mol. The van der Waals surface area contributed by atoms with Gasteiger partial charge in [-0.25, -0.2) is 0 Å². The summed E-state index contributed by atoms with van der Waals surface area (Å²) >= 11 is 7.08. The molecule has 1 aliphatic heterocycles. The fraction of sp³-hybridized carbons (Fsp3) is 0.600. The van der Waals surface area contributed by atoms with Gasteiger partial charge in [-0.05, 0) is 24.5 Å². The van der Waals surface area contributed by atoms with Crippen LogP contribution < -0.4 is 0 Å². The maximum atomic E-state index is 12.4. The Balaban J connectivity index is 2.07. The van der Waals surface area contributed by atoms with Crippen molar-refractivity contribution in [1.82, 2.24) is 0 Å². The van der Waals surface area contributed by atoms with Crippen LogP contribution in [-0.2, 0) is 14.3 Å². The van der Waals surface area contributed by atoms with Gasteiger partial charge in [0.05, 0.1) is 22.4 Å². The molecule has 0 spiro atoms. The SMILES string of the molecule is CC(C)COC(=O)C1(CC(=O)c2ccc(Cl)s2)CCOC1. The van der Waals surface area contributed by atoms with Gasteiger partial charge in [0.1, 0.15) is 5.41 Å². The standard InChI is InChI=1S/C15H19ClO4S/c1-10(2)8-20-14(18)15(5-6-19-9-15)7-11(17)12-3-4-13(16)21-12/h3-4,10H,5-9H2,1-2H3. The summed E-state index contributed by atoms with van der Waals surface area (Å²) in [5.74, 6) is -0.149. The van der Waals surface area contributed by atoms with E-state index in [0.29, 0.717) is 28.8 Å². The fourth-order valence-electron chi connectivity index (χ4n) is 2.23. The lowest BCUT2D eigenvalue weighted by molar-refractivity contribution is -0.157. The highest BCUT2D eigenvalue weighted by Crippen LogP contribution is 2.36. The first kappa shape index (κ1) is 16.5. The van der Waals surface area contributed by atoms with Crippen LogP contribution in [0.5, 0.6) is 0 Å². The summed E-state index contributed by atoms with van der Waals surface area (Å²) in [5.41, 5.74) is -0.845. The quantitative estimate of drug-likeness (QED) is 0.591. The largest absolute Gasteiger partial charge is 0.465 e. The highest BCUT2D eigenvalue weighted by Gasteiger charge is 2.45. The molecule has 1 aromatic heterocycles. The van der Waals surface area contributed by atoms with E-state index in [0.717, 1.165) is 0 Å². The van der Waals surface area contributed by atoms with Crippen molar-refractivity contribution in [2.45, 2.75) is 26.7 Å². The van der Waals surface area contributed by atoms with Crippen LogP contribution in [0.3, 0.4) is 0 Å². The second-order valence-corrected chi connectivity index (χ2v) is 7.49. The van der Waals surface area contributed by atoms with Crippen LogP contribution in [0.2, 0.25) is 4.34 Å². The molecule has 1 aromatic rings. The predicted octanol–water partition coefficient (Wildman–Crippen LogP) is 3.58. The lowest BCUT2D eigenvalue weighted by Gasteiger charge is -2.24. The normalized spacial score (nSPS) is 21.7. The number of halogens is 1. The highest BCUT2D eigenvalue weighted by molar-refractivity contribution is 7.18. The van der Waals surface area contributed by atoms with Crippen molar-refractivity contribution in [2.24, 2.45) is 11.3 Å². The average molecular weight is 331 g/mol. The molecule has 0 radical (unpaired) electrons. The number of hydrogen-bond donors (Lipinski definition) is 0. The van der Waals surface area contributed by atoms with Crippen molar-refractivity contribution in [1.29, 1.82) is 0 Å². The van der Waals surface area contributed by atoms with Crippen molar-refractivity contribution in [3.8, 4) is 0 Å².